The van der Waals surface area contributed by atoms with E-state index in [4.69, 9.17) is 26.1 Å². The number of hydrogen-bond donors (Lipinski definition) is 3. The van der Waals surface area contributed by atoms with Crippen LogP contribution >= 0.6 is 0 Å². The van der Waals surface area contributed by atoms with Crippen molar-refractivity contribution in [2.45, 2.75) is 26.7 Å². The van der Waals surface area contributed by atoms with Gasteiger partial charge in [0, 0.05) is 23.9 Å². The van der Waals surface area contributed by atoms with Crippen molar-refractivity contribution in [1.82, 2.24) is 9.97 Å². The Morgan fingerprint density at radius 1 is 1.03 bits per heavy atom. The first-order valence-corrected chi connectivity index (χ1v) is 11.7. The summed E-state index contributed by atoms with van der Waals surface area (Å²) in [5, 5.41) is 0. The van der Waals surface area contributed by atoms with Crippen molar-refractivity contribution < 1.29 is 17.3 Å². The summed E-state index contributed by atoms with van der Waals surface area (Å²) in [5.74, 6) is 0.826. The molecule has 1 aromatic heterocycles. The molecule has 0 saturated heterocycles. The van der Waals surface area contributed by atoms with Gasteiger partial charge >= 0.3 is 10.1 Å². The smallest absolute Gasteiger partial charge is 0.309 e. The van der Waals surface area contributed by atoms with Crippen LogP contribution in [0.5, 0.6) is 11.5 Å². The van der Waals surface area contributed by atoms with Crippen LogP contribution in [0.3, 0.4) is 0 Å². The molecule has 6 N–H and O–H groups in total. The Bertz CT molecular complexity index is 1210. The zero-order valence-electron chi connectivity index (χ0n) is 18.0. The third-order valence-corrected chi connectivity index (χ3v) is 5.92. The molecule has 0 radical (unpaired) electrons. The van der Waals surface area contributed by atoms with E-state index in [1.165, 1.54) is 6.20 Å². The van der Waals surface area contributed by atoms with E-state index in [1.54, 1.807) is 31.2 Å². The molecule has 3 rings (SSSR count). The van der Waals surface area contributed by atoms with E-state index in [-0.39, 0.29) is 23.3 Å². The van der Waals surface area contributed by atoms with Gasteiger partial charge in [0.15, 0.2) is 5.75 Å². The van der Waals surface area contributed by atoms with Gasteiger partial charge in [0.05, 0.1) is 17.9 Å². The average Bonchev–Trinajstić information content (AvgIpc) is 2.70. The summed E-state index contributed by atoms with van der Waals surface area (Å²) in [5.41, 5.74) is 20.6. The van der Waals surface area contributed by atoms with Crippen LogP contribution in [-0.4, -0.2) is 30.7 Å². The van der Waals surface area contributed by atoms with Gasteiger partial charge in [0.25, 0.3) is 0 Å². The van der Waals surface area contributed by atoms with Crippen LogP contribution in [0, 0.1) is 0 Å². The van der Waals surface area contributed by atoms with Gasteiger partial charge in [-0.2, -0.15) is 13.4 Å². The Hall–Kier alpha value is -3.53. The van der Waals surface area contributed by atoms with Crippen molar-refractivity contribution in [1.29, 1.82) is 0 Å². The summed E-state index contributed by atoms with van der Waals surface area (Å²) >= 11 is 0. The molecule has 0 saturated carbocycles. The molecule has 0 spiro atoms. The van der Waals surface area contributed by atoms with Crippen LogP contribution in [0.25, 0.3) is 11.1 Å². The second-order valence-electron chi connectivity index (χ2n) is 7.19. The van der Waals surface area contributed by atoms with Crippen molar-refractivity contribution >= 4 is 27.6 Å². The fourth-order valence-corrected chi connectivity index (χ4v) is 4.27. The summed E-state index contributed by atoms with van der Waals surface area (Å²) in [6.45, 7) is 3.98. The summed E-state index contributed by atoms with van der Waals surface area (Å²) in [6.07, 6.45) is 2.29. The molecule has 3 aromatic rings. The van der Waals surface area contributed by atoms with Crippen molar-refractivity contribution in [3.8, 4) is 22.6 Å². The molecule has 0 atom stereocenters. The van der Waals surface area contributed by atoms with E-state index in [0.29, 0.717) is 53.1 Å². The first kappa shape index (κ1) is 23.1. The third-order valence-electron chi connectivity index (χ3n) is 4.58. The average molecular weight is 458 g/mol. The number of hydrogen-bond acceptors (Lipinski definition) is 9. The molecule has 32 heavy (non-hydrogen) atoms. The Kier molecular flexibility index (Phi) is 7.04. The van der Waals surface area contributed by atoms with Gasteiger partial charge in [0.1, 0.15) is 11.6 Å². The highest BCUT2D eigenvalue weighted by molar-refractivity contribution is 7.87. The normalized spacial score (nSPS) is 11.3. The molecular weight excluding hydrogens is 430 g/mol. The van der Waals surface area contributed by atoms with E-state index in [2.05, 4.69) is 9.97 Å². The molecule has 0 amide bonds. The number of ether oxygens (including phenoxy) is 1. The standard InChI is InChI=1S/C22H27N5O4S/c1-3-8-32(28,29)31-19-11-14(9-16-13-26-22(25)27-21(16)24)10-18(30-4-2)20(19)15-6-5-7-17(23)12-15/h5-7,10-13H,3-4,8-9,23H2,1-2H3,(H4,24,25,26,27). The number of nitrogens with two attached hydrogens (primary N) is 3. The minimum atomic E-state index is -3.81. The highest BCUT2D eigenvalue weighted by Crippen LogP contribution is 2.41. The third kappa shape index (κ3) is 5.58. The Balaban J connectivity index is 2.18. The molecule has 0 bridgehead atoms. The topological polar surface area (TPSA) is 156 Å². The largest absolute Gasteiger partial charge is 0.493 e. The maximum absolute atomic E-state index is 12.5. The number of benzene rings is 2. The van der Waals surface area contributed by atoms with Crippen LogP contribution in [0.2, 0.25) is 0 Å². The van der Waals surface area contributed by atoms with E-state index in [9.17, 15) is 8.42 Å². The summed E-state index contributed by atoms with van der Waals surface area (Å²) in [6, 6.07) is 10.6. The zero-order chi connectivity index (χ0) is 23.3. The maximum atomic E-state index is 12.5. The summed E-state index contributed by atoms with van der Waals surface area (Å²) in [7, 11) is -3.81. The fraction of sp³-hybridized carbons (Fsp3) is 0.273. The monoisotopic (exact) mass is 457 g/mol. The van der Waals surface area contributed by atoms with Crippen molar-refractivity contribution in [2.75, 3.05) is 29.6 Å². The molecule has 9 nitrogen and oxygen atoms in total. The predicted octanol–water partition coefficient (Wildman–Crippen LogP) is 3.00. The Morgan fingerprint density at radius 3 is 2.44 bits per heavy atom. The molecule has 1 heterocycles. The molecule has 0 unspecified atom stereocenters. The van der Waals surface area contributed by atoms with Crippen LogP contribution < -0.4 is 26.1 Å². The number of aromatic nitrogens is 2. The highest BCUT2D eigenvalue weighted by Gasteiger charge is 2.21. The zero-order valence-corrected chi connectivity index (χ0v) is 18.9. The molecule has 170 valence electrons. The van der Waals surface area contributed by atoms with E-state index >= 15 is 0 Å². The van der Waals surface area contributed by atoms with Crippen LogP contribution in [0.4, 0.5) is 17.5 Å². The lowest BCUT2D eigenvalue weighted by molar-refractivity contribution is 0.340. The van der Waals surface area contributed by atoms with Gasteiger partial charge in [-0.05, 0) is 48.7 Å². The molecule has 0 aliphatic carbocycles. The minimum absolute atomic E-state index is 0.0768. The second kappa shape index (κ2) is 9.73. The molecule has 2 aromatic carbocycles. The van der Waals surface area contributed by atoms with Gasteiger partial charge in [-0.1, -0.05) is 19.1 Å². The first-order valence-electron chi connectivity index (χ1n) is 10.2. The van der Waals surface area contributed by atoms with Crippen LogP contribution in [0.1, 0.15) is 31.4 Å². The van der Waals surface area contributed by atoms with Crippen molar-refractivity contribution in [2.24, 2.45) is 0 Å². The molecule has 10 heteroatoms. The van der Waals surface area contributed by atoms with Crippen molar-refractivity contribution in [3.63, 3.8) is 0 Å². The lowest BCUT2D eigenvalue weighted by Crippen LogP contribution is -2.14. The molecule has 0 fully saturated rings. The lowest BCUT2D eigenvalue weighted by atomic mass is 9.98. The van der Waals surface area contributed by atoms with E-state index in [1.807, 2.05) is 19.1 Å². The minimum Gasteiger partial charge on any atom is -0.493 e. The van der Waals surface area contributed by atoms with Gasteiger partial charge in [-0.15, -0.1) is 0 Å². The Morgan fingerprint density at radius 2 is 1.78 bits per heavy atom. The molecule has 0 aliphatic heterocycles. The SMILES string of the molecule is CCCS(=O)(=O)Oc1cc(Cc2cnc(N)nc2N)cc(OCC)c1-c1cccc(N)c1. The maximum Gasteiger partial charge on any atom is 0.309 e. The van der Waals surface area contributed by atoms with Gasteiger partial charge < -0.3 is 26.1 Å². The molecular formula is C22H27N5O4S. The second-order valence-corrected chi connectivity index (χ2v) is 8.88. The number of rotatable bonds is 9. The fourth-order valence-electron chi connectivity index (χ4n) is 3.28. The van der Waals surface area contributed by atoms with Crippen LogP contribution in [-0.2, 0) is 16.5 Å². The highest BCUT2D eigenvalue weighted by atomic mass is 32.2. The first-order chi connectivity index (χ1) is 15.2. The van der Waals surface area contributed by atoms with Gasteiger partial charge in [-0.3, -0.25) is 0 Å². The Labute approximate surface area is 187 Å². The number of anilines is 3. The van der Waals surface area contributed by atoms with Gasteiger partial charge in [0.2, 0.25) is 5.95 Å². The van der Waals surface area contributed by atoms with Crippen molar-refractivity contribution in [3.05, 3.63) is 53.7 Å². The lowest BCUT2D eigenvalue weighted by Gasteiger charge is -2.18. The van der Waals surface area contributed by atoms with Crippen LogP contribution in [0.15, 0.2) is 42.6 Å². The van der Waals surface area contributed by atoms with Gasteiger partial charge in [-0.25, -0.2) is 4.98 Å². The summed E-state index contributed by atoms with van der Waals surface area (Å²) < 4.78 is 36.5. The number of nitrogen functional groups attached to an aromatic ring is 3. The quantitative estimate of drug-likeness (QED) is 0.324. The number of nitrogens with zero attached hydrogens (tertiary/aromatic N) is 2. The van der Waals surface area contributed by atoms with E-state index < -0.39 is 10.1 Å². The summed E-state index contributed by atoms with van der Waals surface area (Å²) in [4.78, 5) is 7.97. The molecule has 0 aliphatic rings. The van der Waals surface area contributed by atoms with E-state index in [0.717, 1.165) is 0 Å². The predicted molar refractivity (Wildman–Crippen MR) is 126 cm³/mol.